The standard InChI is InChI=1S/C16H19F3N4O2/c1-2-20-15(23-10-13-6-4-8-24-13)22-9-12-5-3-7-21-14(12)25-11-16(17,18)19/h3-8H,2,9-11H2,1H3,(H2,20,22,23). The van der Waals surface area contributed by atoms with Crippen molar-refractivity contribution in [3.8, 4) is 5.88 Å². The van der Waals surface area contributed by atoms with Crippen molar-refractivity contribution in [3.63, 3.8) is 0 Å². The maximum absolute atomic E-state index is 12.3. The summed E-state index contributed by atoms with van der Waals surface area (Å²) < 4.78 is 46.9. The maximum atomic E-state index is 12.3. The number of nitrogens with one attached hydrogen (secondary N) is 2. The fourth-order valence-electron chi connectivity index (χ4n) is 1.91. The van der Waals surface area contributed by atoms with Crippen LogP contribution in [0.5, 0.6) is 5.88 Å². The van der Waals surface area contributed by atoms with Gasteiger partial charge < -0.3 is 19.8 Å². The summed E-state index contributed by atoms with van der Waals surface area (Å²) in [5, 5.41) is 6.12. The van der Waals surface area contributed by atoms with Crippen LogP contribution < -0.4 is 15.4 Å². The number of nitrogens with zero attached hydrogens (tertiary/aromatic N) is 2. The van der Waals surface area contributed by atoms with E-state index in [0.717, 1.165) is 5.76 Å². The van der Waals surface area contributed by atoms with E-state index in [-0.39, 0.29) is 12.4 Å². The first-order valence-electron chi connectivity index (χ1n) is 7.66. The van der Waals surface area contributed by atoms with Crippen LogP contribution in [0.15, 0.2) is 46.1 Å². The Kier molecular flexibility index (Phi) is 6.67. The Morgan fingerprint density at radius 1 is 1.28 bits per heavy atom. The van der Waals surface area contributed by atoms with Gasteiger partial charge in [-0.2, -0.15) is 13.2 Å². The molecule has 0 bridgehead atoms. The van der Waals surface area contributed by atoms with Crippen molar-refractivity contribution >= 4 is 5.96 Å². The van der Waals surface area contributed by atoms with E-state index >= 15 is 0 Å². The summed E-state index contributed by atoms with van der Waals surface area (Å²) in [5.41, 5.74) is 0.460. The SMILES string of the molecule is CCNC(=NCc1cccnc1OCC(F)(F)F)NCc1ccco1. The van der Waals surface area contributed by atoms with Crippen molar-refractivity contribution in [2.45, 2.75) is 26.2 Å². The van der Waals surface area contributed by atoms with Gasteiger partial charge in [0.2, 0.25) is 5.88 Å². The van der Waals surface area contributed by atoms with Gasteiger partial charge in [0.15, 0.2) is 12.6 Å². The Morgan fingerprint density at radius 2 is 2.12 bits per heavy atom. The zero-order chi connectivity index (χ0) is 18.1. The van der Waals surface area contributed by atoms with Gasteiger partial charge in [-0.1, -0.05) is 6.07 Å². The molecule has 0 unspecified atom stereocenters. The number of aliphatic imine (C=N–C) groups is 1. The summed E-state index contributed by atoms with van der Waals surface area (Å²) in [6, 6.07) is 6.84. The van der Waals surface area contributed by atoms with Crippen molar-refractivity contribution in [2.75, 3.05) is 13.2 Å². The third-order valence-electron chi connectivity index (χ3n) is 2.98. The van der Waals surface area contributed by atoms with Gasteiger partial charge in [-0.05, 0) is 25.1 Å². The zero-order valence-corrected chi connectivity index (χ0v) is 13.6. The van der Waals surface area contributed by atoms with Gasteiger partial charge in [0.05, 0.1) is 19.4 Å². The van der Waals surface area contributed by atoms with E-state index in [1.165, 1.54) is 6.20 Å². The minimum absolute atomic E-state index is 0.0783. The smallest absolute Gasteiger partial charge is 0.422 e. The second kappa shape index (κ2) is 8.95. The number of alkyl halides is 3. The highest BCUT2D eigenvalue weighted by Crippen LogP contribution is 2.20. The van der Waals surface area contributed by atoms with Gasteiger partial charge in [0.25, 0.3) is 0 Å². The third kappa shape index (κ3) is 6.74. The molecule has 2 aromatic rings. The van der Waals surface area contributed by atoms with E-state index in [9.17, 15) is 13.2 Å². The van der Waals surface area contributed by atoms with Crippen LogP contribution in [0.1, 0.15) is 18.2 Å². The summed E-state index contributed by atoms with van der Waals surface area (Å²) in [6.07, 6.45) is -1.47. The highest BCUT2D eigenvalue weighted by Gasteiger charge is 2.29. The largest absolute Gasteiger partial charge is 0.468 e. The average Bonchev–Trinajstić information content (AvgIpc) is 3.09. The first kappa shape index (κ1) is 18.6. The van der Waals surface area contributed by atoms with Crippen LogP contribution in [0.3, 0.4) is 0 Å². The first-order chi connectivity index (χ1) is 12.0. The summed E-state index contributed by atoms with van der Waals surface area (Å²) in [5.74, 6) is 1.16. The minimum Gasteiger partial charge on any atom is -0.468 e. The molecule has 0 fully saturated rings. The van der Waals surface area contributed by atoms with E-state index in [2.05, 4.69) is 20.6 Å². The molecule has 0 aliphatic carbocycles. The molecule has 0 atom stereocenters. The monoisotopic (exact) mass is 356 g/mol. The lowest BCUT2D eigenvalue weighted by molar-refractivity contribution is -0.154. The fourth-order valence-corrected chi connectivity index (χ4v) is 1.91. The van der Waals surface area contributed by atoms with E-state index in [1.807, 2.05) is 13.0 Å². The van der Waals surface area contributed by atoms with E-state index in [4.69, 9.17) is 9.15 Å². The molecule has 25 heavy (non-hydrogen) atoms. The normalized spacial score (nSPS) is 12.1. The van der Waals surface area contributed by atoms with E-state index in [1.54, 1.807) is 24.5 Å². The van der Waals surface area contributed by atoms with Crippen LogP contribution >= 0.6 is 0 Å². The molecule has 0 saturated carbocycles. The summed E-state index contributed by atoms with van der Waals surface area (Å²) in [4.78, 5) is 8.18. The molecule has 0 aromatic carbocycles. The Balaban J connectivity index is 2.01. The number of guanidine groups is 1. The molecular formula is C16H19F3N4O2. The first-order valence-corrected chi connectivity index (χ1v) is 7.66. The molecule has 2 N–H and O–H groups in total. The number of hydrogen-bond donors (Lipinski definition) is 2. The number of halogens is 3. The number of hydrogen-bond acceptors (Lipinski definition) is 4. The second-order valence-electron chi connectivity index (χ2n) is 5.00. The summed E-state index contributed by atoms with van der Waals surface area (Å²) in [6.45, 7) is 1.70. The topological polar surface area (TPSA) is 71.7 Å². The van der Waals surface area contributed by atoms with Crippen molar-refractivity contribution in [1.29, 1.82) is 0 Å². The van der Waals surface area contributed by atoms with Crippen LogP contribution in [0, 0.1) is 0 Å². The lowest BCUT2D eigenvalue weighted by Crippen LogP contribution is -2.36. The van der Waals surface area contributed by atoms with Crippen LogP contribution in [0.4, 0.5) is 13.2 Å². The number of aromatic nitrogens is 1. The van der Waals surface area contributed by atoms with Crippen LogP contribution in [0.25, 0.3) is 0 Å². The molecule has 2 aromatic heterocycles. The second-order valence-corrected chi connectivity index (χ2v) is 5.00. The van der Waals surface area contributed by atoms with Crippen molar-refractivity contribution in [2.24, 2.45) is 4.99 Å². The lowest BCUT2D eigenvalue weighted by atomic mass is 10.3. The predicted octanol–water partition coefficient (Wildman–Crippen LogP) is 2.87. The molecule has 2 heterocycles. The molecule has 0 aliphatic rings. The average molecular weight is 356 g/mol. The molecule has 0 saturated heterocycles. The highest BCUT2D eigenvalue weighted by atomic mass is 19.4. The maximum Gasteiger partial charge on any atom is 0.422 e. The van der Waals surface area contributed by atoms with Crippen LogP contribution in [-0.2, 0) is 13.1 Å². The Labute approximate surface area is 143 Å². The summed E-state index contributed by atoms with van der Waals surface area (Å²) in [7, 11) is 0. The zero-order valence-electron chi connectivity index (χ0n) is 13.6. The van der Waals surface area contributed by atoms with Gasteiger partial charge in [-0.25, -0.2) is 9.98 Å². The Hall–Kier alpha value is -2.71. The fraction of sp³-hybridized carbons (Fsp3) is 0.375. The molecule has 0 radical (unpaired) electrons. The number of rotatable bonds is 7. The van der Waals surface area contributed by atoms with E-state index in [0.29, 0.717) is 24.6 Å². The predicted molar refractivity (Wildman–Crippen MR) is 86.2 cm³/mol. The molecule has 9 heteroatoms. The van der Waals surface area contributed by atoms with Gasteiger partial charge in [0.1, 0.15) is 5.76 Å². The number of ether oxygens (including phenoxy) is 1. The number of pyridine rings is 1. The lowest BCUT2D eigenvalue weighted by Gasteiger charge is -2.12. The van der Waals surface area contributed by atoms with Crippen LogP contribution in [-0.4, -0.2) is 30.3 Å². The van der Waals surface area contributed by atoms with Gasteiger partial charge in [-0.15, -0.1) is 0 Å². The Morgan fingerprint density at radius 3 is 2.80 bits per heavy atom. The van der Waals surface area contributed by atoms with Crippen molar-refractivity contribution in [1.82, 2.24) is 15.6 Å². The van der Waals surface area contributed by atoms with Crippen LogP contribution in [0.2, 0.25) is 0 Å². The Bertz CT molecular complexity index is 672. The molecule has 136 valence electrons. The molecule has 0 spiro atoms. The minimum atomic E-state index is -4.42. The molecule has 0 amide bonds. The highest BCUT2D eigenvalue weighted by molar-refractivity contribution is 5.79. The molecule has 0 aliphatic heterocycles. The van der Waals surface area contributed by atoms with Gasteiger partial charge in [0, 0.05) is 18.3 Å². The quantitative estimate of drug-likeness (QED) is 0.590. The number of furan rings is 1. The van der Waals surface area contributed by atoms with Gasteiger partial charge >= 0.3 is 6.18 Å². The van der Waals surface area contributed by atoms with Crippen molar-refractivity contribution in [3.05, 3.63) is 48.0 Å². The molecule has 2 rings (SSSR count). The summed E-state index contributed by atoms with van der Waals surface area (Å²) >= 11 is 0. The third-order valence-corrected chi connectivity index (χ3v) is 2.98. The van der Waals surface area contributed by atoms with Gasteiger partial charge in [-0.3, -0.25) is 0 Å². The molecular weight excluding hydrogens is 337 g/mol. The van der Waals surface area contributed by atoms with Crippen molar-refractivity contribution < 1.29 is 22.3 Å². The molecule has 6 nitrogen and oxygen atoms in total. The van der Waals surface area contributed by atoms with E-state index < -0.39 is 12.8 Å².